The molecule has 0 aliphatic heterocycles. The molecule has 1 aromatic heterocycles. The van der Waals surface area contributed by atoms with Crippen LogP contribution in [0, 0.1) is 15.5 Å². The number of hydrogen-bond acceptors (Lipinski definition) is 4. The molecule has 5 nitrogen and oxygen atoms in total. The van der Waals surface area contributed by atoms with E-state index in [1.807, 2.05) is 0 Å². The van der Waals surface area contributed by atoms with Crippen LogP contribution in [-0.4, -0.2) is 16.5 Å². The second-order valence-electron chi connectivity index (χ2n) is 5.63. The fraction of sp³-hybridized carbons (Fsp3) is 0.643. The number of nitrogens with one attached hydrogen (secondary N) is 1. The van der Waals surface area contributed by atoms with Gasteiger partial charge in [-0.2, -0.15) is 0 Å². The van der Waals surface area contributed by atoms with Gasteiger partial charge in [0.25, 0.3) is 5.69 Å². The SMILES string of the molecule is CCCCCC(C)(C)CNc1ccc([N+](=O)[O-])cn1. The van der Waals surface area contributed by atoms with Crippen molar-refractivity contribution in [2.45, 2.75) is 46.5 Å². The van der Waals surface area contributed by atoms with Crippen molar-refractivity contribution < 1.29 is 4.92 Å². The molecular weight excluding hydrogens is 242 g/mol. The molecule has 1 N–H and O–H groups in total. The highest BCUT2D eigenvalue weighted by Gasteiger charge is 2.17. The molecule has 0 saturated heterocycles. The Hall–Kier alpha value is -1.65. The number of unbranched alkanes of at least 4 members (excludes halogenated alkanes) is 2. The fourth-order valence-electron chi connectivity index (χ4n) is 1.87. The number of aromatic nitrogens is 1. The van der Waals surface area contributed by atoms with Crippen LogP contribution in [0.4, 0.5) is 11.5 Å². The van der Waals surface area contributed by atoms with E-state index in [0.29, 0.717) is 5.82 Å². The number of rotatable bonds is 8. The van der Waals surface area contributed by atoms with Crippen molar-refractivity contribution in [1.29, 1.82) is 0 Å². The molecule has 0 bridgehead atoms. The van der Waals surface area contributed by atoms with Gasteiger partial charge in [0.05, 0.1) is 4.92 Å². The van der Waals surface area contributed by atoms with E-state index in [0.717, 1.165) is 6.54 Å². The van der Waals surface area contributed by atoms with Crippen LogP contribution in [-0.2, 0) is 0 Å². The Morgan fingerprint density at radius 3 is 2.63 bits per heavy atom. The molecule has 0 aliphatic rings. The molecule has 0 aliphatic carbocycles. The summed E-state index contributed by atoms with van der Waals surface area (Å²) in [5.74, 6) is 0.689. The predicted molar refractivity (Wildman–Crippen MR) is 77.3 cm³/mol. The van der Waals surface area contributed by atoms with Crippen molar-refractivity contribution in [2.24, 2.45) is 5.41 Å². The first-order valence-electron chi connectivity index (χ1n) is 6.79. The highest BCUT2D eigenvalue weighted by atomic mass is 16.6. The molecular formula is C14H23N3O2. The van der Waals surface area contributed by atoms with Crippen LogP contribution in [0.3, 0.4) is 0 Å². The maximum atomic E-state index is 10.5. The summed E-state index contributed by atoms with van der Waals surface area (Å²) in [6.07, 6.45) is 6.18. The first kappa shape index (κ1) is 15.4. The summed E-state index contributed by atoms with van der Waals surface area (Å²) in [6.45, 7) is 7.47. The van der Waals surface area contributed by atoms with Crippen LogP contribution >= 0.6 is 0 Å². The Bertz CT molecular complexity index is 402. The van der Waals surface area contributed by atoms with Crippen LogP contribution < -0.4 is 5.32 Å². The summed E-state index contributed by atoms with van der Waals surface area (Å²) >= 11 is 0. The molecule has 106 valence electrons. The fourth-order valence-corrected chi connectivity index (χ4v) is 1.87. The van der Waals surface area contributed by atoms with Gasteiger partial charge < -0.3 is 5.32 Å². The lowest BCUT2D eigenvalue weighted by Gasteiger charge is -2.25. The minimum absolute atomic E-state index is 0.0211. The second-order valence-corrected chi connectivity index (χ2v) is 5.63. The van der Waals surface area contributed by atoms with Crippen molar-refractivity contribution in [3.63, 3.8) is 0 Å². The summed E-state index contributed by atoms with van der Waals surface area (Å²) in [5, 5.41) is 13.8. The van der Waals surface area contributed by atoms with Gasteiger partial charge in [-0.05, 0) is 17.9 Å². The van der Waals surface area contributed by atoms with Gasteiger partial charge in [0.1, 0.15) is 12.0 Å². The van der Waals surface area contributed by atoms with Crippen LogP contribution in [0.2, 0.25) is 0 Å². The van der Waals surface area contributed by atoms with Crippen molar-refractivity contribution in [2.75, 3.05) is 11.9 Å². The van der Waals surface area contributed by atoms with Crippen molar-refractivity contribution in [1.82, 2.24) is 4.98 Å². The van der Waals surface area contributed by atoms with Crippen molar-refractivity contribution in [3.8, 4) is 0 Å². The van der Waals surface area contributed by atoms with Gasteiger partial charge >= 0.3 is 0 Å². The molecule has 0 atom stereocenters. The number of nitro groups is 1. The minimum atomic E-state index is -0.439. The molecule has 1 aromatic rings. The molecule has 0 aromatic carbocycles. The molecule has 1 rings (SSSR count). The largest absolute Gasteiger partial charge is 0.370 e. The van der Waals surface area contributed by atoms with E-state index in [2.05, 4.69) is 31.1 Å². The lowest BCUT2D eigenvalue weighted by atomic mass is 9.87. The van der Waals surface area contributed by atoms with E-state index in [4.69, 9.17) is 0 Å². The smallest absolute Gasteiger partial charge is 0.287 e. The van der Waals surface area contributed by atoms with Gasteiger partial charge in [-0.15, -0.1) is 0 Å². The highest BCUT2D eigenvalue weighted by molar-refractivity contribution is 5.40. The lowest BCUT2D eigenvalue weighted by molar-refractivity contribution is -0.385. The third kappa shape index (κ3) is 5.68. The second kappa shape index (κ2) is 7.07. The summed E-state index contributed by atoms with van der Waals surface area (Å²) in [4.78, 5) is 14.1. The van der Waals surface area contributed by atoms with Crippen molar-refractivity contribution in [3.05, 3.63) is 28.4 Å². The summed E-state index contributed by atoms with van der Waals surface area (Å²) < 4.78 is 0. The molecule has 0 saturated carbocycles. The monoisotopic (exact) mass is 265 g/mol. The van der Waals surface area contributed by atoms with Crippen LogP contribution in [0.15, 0.2) is 18.3 Å². The topological polar surface area (TPSA) is 68.1 Å². The Balaban J connectivity index is 2.44. The van der Waals surface area contributed by atoms with Gasteiger partial charge in [0.15, 0.2) is 0 Å². The van der Waals surface area contributed by atoms with Gasteiger partial charge in [-0.3, -0.25) is 10.1 Å². The molecule has 5 heteroatoms. The van der Waals surface area contributed by atoms with E-state index < -0.39 is 4.92 Å². The molecule has 0 unspecified atom stereocenters. The minimum Gasteiger partial charge on any atom is -0.370 e. The van der Waals surface area contributed by atoms with Crippen LogP contribution in [0.5, 0.6) is 0 Å². The van der Waals surface area contributed by atoms with E-state index in [-0.39, 0.29) is 11.1 Å². The van der Waals surface area contributed by atoms with Crippen LogP contribution in [0.25, 0.3) is 0 Å². The average molecular weight is 265 g/mol. The number of anilines is 1. The normalized spacial score (nSPS) is 11.3. The zero-order chi connectivity index (χ0) is 14.3. The number of nitrogens with zero attached hydrogens (tertiary/aromatic N) is 2. The Labute approximate surface area is 114 Å². The first-order valence-corrected chi connectivity index (χ1v) is 6.79. The molecule has 0 spiro atoms. The summed E-state index contributed by atoms with van der Waals surface area (Å²) in [6, 6.07) is 3.12. The van der Waals surface area contributed by atoms with E-state index in [1.165, 1.54) is 37.9 Å². The quantitative estimate of drug-likeness (QED) is 0.438. The molecule has 1 heterocycles. The van der Waals surface area contributed by atoms with Gasteiger partial charge in [0, 0.05) is 12.6 Å². The standard InChI is InChI=1S/C14H23N3O2/c1-4-5-6-9-14(2,3)11-16-13-8-7-12(10-15-13)17(18)19/h7-8,10H,4-6,9,11H2,1-3H3,(H,15,16). The third-order valence-electron chi connectivity index (χ3n) is 3.16. The Kier molecular flexibility index (Phi) is 5.73. The summed E-state index contributed by atoms with van der Waals surface area (Å²) in [7, 11) is 0. The van der Waals surface area contributed by atoms with E-state index in [9.17, 15) is 10.1 Å². The molecule has 19 heavy (non-hydrogen) atoms. The van der Waals surface area contributed by atoms with E-state index in [1.54, 1.807) is 6.07 Å². The Morgan fingerprint density at radius 2 is 2.11 bits per heavy atom. The predicted octanol–water partition coefficient (Wildman–Crippen LogP) is 4.01. The third-order valence-corrected chi connectivity index (χ3v) is 3.16. The zero-order valence-corrected chi connectivity index (χ0v) is 12.0. The molecule has 0 amide bonds. The lowest BCUT2D eigenvalue weighted by Crippen LogP contribution is -2.23. The Morgan fingerprint density at radius 1 is 1.37 bits per heavy atom. The zero-order valence-electron chi connectivity index (χ0n) is 12.0. The summed E-state index contributed by atoms with van der Waals surface area (Å²) in [5.41, 5.74) is 0.228. The average Bonchev–Trinajstić information content (AvgIpc) is 2.37. The van der Waals surface area contributed by atoms with Gasteiger partial charge in [-0.1, -0.05) is 40.0 Å². The van der Waals surface area contributed by atoms with Crippen LogP contribution in [0.1, 0.15) is 46.5 Å². The number of pyridine rings is 1. The molecule has 0 fully saturated rings. The maximum absolute atomic E-state index is 10.5. The highest BCUT2D eigenvalue weighted by Crippen LogP contribution is 2.24. The maximum Gasteiger partial charge on any atom is 0.287 e. The molecule has 0 radical (unpaired) electrons. The van der Waals surface area contributed by atoms with Gasteiger partial charge in [-0.25, -0.2) is 4.98 Å². The first-order chi connectivity index (χ1) is 8.94. The van der Waals surface area contributed by atoms with E-state index >= 15 is 0 Å². The van der Waals surface area contributed by atoms with Crippen molar-refractivity contribution >= 4 is 11.5 Å². The number of hydrogen-bond donors (Lipinski definition) is 1. The van der Waals surface area contributed by atoms with Gasteiger partial charge in [0.2, 0.25) is 0 Å².